The van der Waals surface area contributed by atoms with Crippen LogP contribution in [0.4, 0.5) is 0 Å². The summed E-state index contributed by atoms with van der Waals surface area (Å²) in [6, 6.07) is 17.1. The van der Waals surface area contributed by atoms with Crippen molar-refractivity contribution in [2.45, 2.75) is 32.2 Å². The fourth-order valence-electron chi connectivity index (χ4n) is 5.50. The molecule has 2 aliphatic heterocycles. The minimum atomic E-state index is -0.969. The highest BCUT2D eigenvalue weighted by molar-refractivity contribution is 6.05. The highest BCUT2D eigenvalue weighted by atomic mass is 16.4. The first kappa shape index (κ1) is 24.4. The Labute approximate surface area is 212 Å². The van der Waals surface area contributed by atoms with Crippen LogP contribution in [0.3, 0.4) is 0 Å². The van der Waals surface area contributed by atoms with E-state index in [1.165, 1.54) is 32.4 Å². The maximum Gasteiger partial charge on any atom is 0.336 e. The fourth-order valence-corrected chi connectivity index (χ4v) is 5.50. The van der Waals surface area contributed by atoms with Crippen molar-refractivity contribution in [2.24, 2.45) is 0 Å². The van der Waals surface area contributed by atoms with Gasteiger partial charge in [0.15, 0.2) is 0 Å². The van der Waals surface area contributed by atoms with Gasteiger partial charge in [-0.25, -0.2) is 9.78 Å². The lowest BCUT2D eigenvalue weighted by Gasteiger charge is -2.35. The van der Waals surface area contributed by atoms with Crippen LogP contribution in [-0.4, -0.2) is 82.5 Å². The SMILES string of the molecule is O=C(O)c1c(CN2CCN(CCCN3CCCCC3)C(=O)C2)c(-c2ccccc2)nc2ccccc12. The molecule has 7 heteroatoms. The molecule has 0 unspecified atom stereocenters. The number of amides is 1. The number of pyridine rings is 1. The molecule has 36 heavy (non-hydrogen) atoms. The lowest BCUT2D eigenvalue weighted by atomic mass is 9.96. The number of benzene rings is 2. The van der Waals surface area contributed by atoms with Crippen LogP contribution < -0.4 is 0 Å². The molecule has 5 rings (SSSR count). The molecule has 0 radical (unpaired) electrons. The molecule has 3 aromatic rings. The predicted octanol–water partition coefficient (Wildman–Crippen LogP) is 4.12. The molecule has 2 fully saturated rings. The van der Waals surface area contributed by atoms with E-state index in [0.717, 1.165) is 31.6 Å². The van der Waals surface area contributed by atoms with Crippen molar-refractivity contribution in [3.05, 3.63) is 65.7 Å². The zero-order valence-electron chi connectivity index (χ0n) is 20.7. The molecule has 0 bridgehead atoms. The molecule has 2 saturated heterocycles. The first-order valence-electron chi connectivity index (χ1n) is 13.0. The van der Waals surface area contributed by atoms with Crippen LogP contribution in [0.2, 0.25) is 0 Å². The van der Waals surface area contributed by atoms with Crippen LogP contribution in [0.25, 0.3) is 22.2 Å². The van der Waals surface area contributed by atoms with Crippen LogP contribution in [0, 0.1) is 0 Å². The van der Waals surface area contributed by atoms with Crippen molar-refractivity contribution in [3.8, 4) is 11.3 Å². The first-order chi connectivity index (χ1) is 17.6. The number of hydrogen-bond donors (Lipinski definition) is 1. The summed E-state index contributed by atoms with van der Waals surface area (Å²) < 4.78 is 0. The summed E-state index contributed by atoms with van der Waals surface area (Å²) in [5, 5.41) is 10.9. The van der Waals surface area contributed by atoms with Crippen molar-refractivity contribution >= 4 is 22.8 Å². The summed E-state index contributed by atoms with van der Waals surface area (Å²) in [7, 11) is 0. The van der Waals surface area contributed by atoms with Crippen molar-refractivity contribution in [1.29, 1.82) is 0 Å². The van der Waals surface area contributed by atoms with E-state index in [2.05, 4.69) is 9.80 Å². The third-order valence-electron chi connectivity index (χ3n) is 7.38. The number of carboxylic acids is 1. The number of piperazine rings is 1. The van der Waals surface area contributed by atoms with Gasteiger partial charge in [-0.15, -0.1) is 0 Å². The van der Waals surface area contributed by atoms with Gasteiger partial charge in [0.05, 0.1) is 23.3 Å². The number of carbonyl (C=O) groups excluding carboxylic acids is 1. The highest BCUT2D eigenvalue weighted by Crippen LogP contribution is 2.31. The summed E-state index contributed by atoms with van der Waals surface area (Å²) in [6.45, 7) is 6.25. The quantitative estimate of drug-likeness (QED) is 0.516. The summed E-state index contributed by atoms with van der Waals surface area (Å²) in [4.78, 5) is 36.9. The minimum Gasteiger partial charge on any atom is -0.478 e. The molecule has 0 saturated carbocycles. The second-order valence-electron chi connectivity index (χ2n) is 9.85. The van der Waals surface area contributed by atoms with Crippen LogP contribution in [-0.2, 0) is 11.3 Å². The predicted molar refractivity (Wildman–Crippen MR) is 141 cm³/mol. The van der Waals surface area contributed by atoms with E-state index < -0.39 is 5.97 Å². The molecule has 0 atom stereocenters. The van der Waals surface area contributed by atoms with E-state index >= 15 is 0 Å². The van der Waals surface area contributed by atoms with Gasteiger partial charge in [-0.2, -0.15) is 0 Å². The van der Waals surface area contributed by atoms with Crippen LogP contribution in [0.15, 0.2) is 54.6 Å². The van der Waals surface area contributed by atoms with E-state index in [1.807, 2.05) is 59.5 Å². The van der Waals surface area contributed by atoms with Crippen molar-refractivity contribution < 1.29 is 14.7 Å². The number of fused-ring (bicyclic) bond motifs is 1. The number of aromatic nitrogens is 1. The lowest BCUT2D eigenvalue weighted by Crippen LogP contribution is -2.50. The number of carbonyl (C=O) groups is 2. The van der Waals surface area contributed by atoms with E-state index in [-0.39, 0.29) is 11.5 Å². The van der Waals surface area contributed by atoms with Crippen LogP contribution >= 0.6 is 0 Å². The smallest absolute Gasteiger partial charge is 0.336 e. The van der Waals surface area contributed by atoms with Gasteiger partial charge in [-0.05, 0) is 45.0 Å². The summed E-state index contributed by atoms with van der Waals surface area (Å²) in [6.07, 6.45) is 4.90. The number of likely N-dealkylation sites (tertiary alicyclic amines) is 1. The topological polar surface area (TPSA) is 77.0 Å². The monoisotopic (exact) mass is 486 g/mol. The number of carboxylic acid groups (broad SMARTS) is 1. The summed E-state index contributed by atoms with van der Waals surface area (Å²) in [5.74, 6) is -0.852. The number of aromatic carboxylic acids is 1. The number of para-hydroxylation sites is 1. The average molecular weight is 487 g/mol. The van der Waals surface area contributed by atoms with Crippen molar-refractivity contribution in [1.82, 2.24) is 19.7 Å². The lowest BCUT2D eigenvalue weighted by molar-refractivity contribution is -0.136. The Morgan fingerprint density at radius 3 is 2.36 bits per heavy atom. The number of hydrogen-bond acceptors (Lipinski definition) is 5. The molecule has 0 aliphatic carbocycles. The molecule has 1 amide bonds. The maximum absolute atomic E-state index is 13.0. The first-order valence-corrected chi connectivity index (χ1v) is 13.0. The third-order valence-corrected chi connectivity index (χ3v) is 7.38. The van der Waals surface area contributed by atoms with E-state index in [9.17, 15) is 14.7 Å². The molecular formula is C29H34N4O3. The molecule has 2 aliphatic rings. The van der Waals surface area contributed by atoms with Crippen LogP contribution in [0.1, 0.15) is 41.6 Å². The molecule has 2 aromatic carbocycles. The Bertz CT molecular complexity index is 1220. The fraction of sp³-hybridized carbons (Fsp3) is 0.414. The molecule has 1 aromatic heterocycles. The van der Waals surface area contributed by atoms with E-state index in [0.29, 0.717) is 41.8 Å². The Hall–Kier alpha value is -3.29. The van der Waals surface area contributed by atoms with Gasteiger partial charge >= 0.3 is 5.97 Å². The van der Waals surface area contributed by atoms with Crippen molar-refractivity contribution in [3.63, 3.8) is 0 Å². The summed E-state index contributed by atoms with van der Waals surface area (Å²) >= 11 is 0. The molecular weight excluding hydrogens is 452 g/mol. The number of rotatable bonds is 8. The van der Waals surface area contributed by atoms with E-state index in [4.69, 9.17) is 4.98 Å². The zero-order chi connectivity index (χ0) is 24.9. The molecule has 1 N–H and O–H groups in total. The zero-order valence-corrected chi connectivity index (χ0v) is 20.7. The van der Waals surface area contributed by atoms with Gasteiger partial charge in [0, 0.05) is 42.7 Å². The van der Waals surface area contributed by atoms with Gasteiger partial charge in [0.1, 0.15) is 0 Å². The van der Waals surface area contributed by atoms with Gasteiger partial charge < -0.3 is 14.9 Å². The molecule has 3 heterocycles. The minimum absolute atomic E-state index is 0.117. The second-order valence-corrected chi connectivity index (χ2v) is 9.85. The van der Waals surface area contributed by atoms with Crippen molar-refractivity contribution in [2.75, 3.05) is 45.8 Å². The Morgan fingerprint density at radius 2 is 1.61 bits per heavy atom. The maximum atomic E-state index is 13.0. The average Bonchev–Trinajstić information content (AvgIpc) is 2.90. The third kappa shape index (κ3) is 5.42. The Morgan fingerprint density at radius 1 is 0.861 bits per heavy atom. The standard InChI is InChI=1S/C29H34N4O3/c34-26-21-32(18-19-33(26)17-9-16-31-14-7-2-8-15-31)20-24-27(29(35)36)23-12-5-6-13-25(23)30-28(24)22-10-3-1-4-11-22/h1,3-6,10-13H,2,7-9,14-21H2,(H,35,36). The van der Waals surface area contributed by atoms with E-state index in [1.54, 1.807) is 0 Å². The molecule has 188 valence electrons. The highest BCUT2D eigenvalue weighted by Gasteiger charge is 2.28. The molecule has 0 spiro atoms. The van der Waals surface area contributed by atoms with Crippen LogP contribution in [0.5, 0.6) is 0 Å². The van der Waals surface area contributed by atoms with Gasteiger partial charge in [-0.1, -0.05) is 55.0 Å². The van der Waals surface area contributed by atoms with Gasteiger partial charge in [-0.3, -0.25) is 9.69 Å². The van der Waals surface area contributed by atoms with Gasteiger partial charge in [0.25, 0.3) is 0 Å². The largest absolute Gasteiger partial charge is 0.478 e. The van der Waals surface area contributed by atoms with Gasteiger partial charge in [0.2, 0.25) is 5.91 Å². The normalized spacial score (nSPS) is 17.6. The Kier molecular flexibility index (Phi) is 7.58. The summed E-state index contributed by atoms with van der Waals surface area (Å²) in [5.41, 5.74) is 3.15. The second kappa shape index (κ2) is 11.2. The Balaban J connectivity index is 1.34. The number of piperidine rings is 1. The number of nitrogens with zero attached hydrogens (tertiary/aromatic N) is 4. The molecule has 7 nitrogen and oxygen atoms in total.